The lowest BCUT2D eigenvalue weighted by atomic mass is 9.98. The Kier molecular flexibility index (Phi) is 12.2. The third kappa shape index (κ3) is 8.53. The molecule has 1 aliphatic heterocycles. The normalized spacial score (nSPS) is 16.0. The second-order valence-corrected chi connectivity index (χ2v) is 14.6. The number of aromatic amines is 2. The number of rotatable bonds is 15. The molecule has 5 aromatic rings. The van der Waals surface area contributed by atoms with Gasteiger partial charge in [-0.05, 0) is 60.9 Å². The molecule has 12 nitrogen and oxygen atoms in total. The molecule has 0 bridgehead atoms. The molecule has 0 aliphatic carbocycles. The number of hydrogen-bond donors (Lipinski definition) is 3. The van der Waals surface area contributed by atoms with E-state index in [2.05, 4.69) is 40.2 Å². The number of carbonyl (C=O) groups is 3. The van der Waals surface area contributed by atoms with Crippen LogP contribution in [0.25, 0.3) is 44.8 Å². The maximum Gasteiger partial charge on any atom is 0.407 e. The van der Waals surface area contributed by atoms with Gasteiger partial charge in [-0.3, -0.25) is 9.59 Å². The van der Waals surface area contributed by atoms with Gasteiger partial charge in [0.15, 0.2) is 0 Å². The van der Waals surface area contributed by atoms with Gasteiger partial charge in [0.1, 0.15) is 29.0 Å². The number of hydrogen-bond acceptors (Lipinski definition) is 7. The smallest absolute Gasteiger partial charge is 0.407 e. The summed E-state index contributed by atoms with van der Waals surface area (Å²) in [6.45, 7) is 11.8. The van der Waals surface area contributed by atoms with E-state index in [1.165, 1.54) is 7.11 Å². The van der Waals surface area contributed by atoms with Crippen molar-refractivity contribution in [3.8, 4) is 33.8 Å². The molecule has 3 N–H and O–H groups in total. The fourth-order valence-corrected chi connectivity index (χ4v) is 7.10. The molecule has 286 valence electrons. The van der Waals surface area contributed by atoms with Crippen LogP contribution in [-0.2, 0) is 20.9 Å². The molecule has 0 saturated carbocycles. The lowest BCUT2D eigenvalue weighted by Crippen LogP contribution is -2.51. The largest absolute Gasteiger partial charge is 0.456 e. The summed E-state index contributed by atoms with van der Waals surface area (Å²) < 4.78 is 11.1. The molecular formula is C42H53N7O5. The SMILES string of the molecule is CCCN(Cc1ncc(-c2ccc(-c3cc4cc(-c5cnc([C@@H]6CCCN6C(=O)C[C@H](C)CC)[nH]5)ccc4o3)cc2)[nH]1)C(=O)[C@@H](NC(=O)OC)[C@H](C)CC. The second-order valence-electron chi connectivity index (χ2n) is 14.6. The molecule has 1 fully saturated rings. The summed E-state index contributed by atoms with van der Waals surface area (Å²) in [7, 11) is 1.30. The van der Waals surface area contributed by atoms with Crippen LogP contribution in [0.5, 0.6) is 0 Å². The highest BCUT2D eigenvalue weighted by atomic mass is 16.5. The Morgan fingerprint density at radius 3 is 2.41 bits per heavy atom. The van der Waals surface area contributed by atoms with Gasteiger partial charge in [-0.25, -0.2) is 14.8 Å². The van der Waals surface area contributed by atoms with E-state index in [0.29, 0.717) is 31.3 Å². The van der Waals surface area contributed by atoms with Gasteiger partial charge in [-0.1, -0.05) is 71.7 Å². The number of likely N-dealkylation sites (tertiary alicyclic amines) is 1. The van der Waals surface area contributed by atoms with Gasteiger partial charge in [0, 0.05) is 36.0 Å². The van der Waals surface area contributed by atoms with Gasteiger partial charge < -0.3 is 34.2 Å². The van der Waals surface area contributed by atoms with Crippen LogP contribution in [-0.4, -0.2) is 73.9 Å². The first-order valence-electron chi connectivity index (χ1n) is 19.3. The molecule has 12 heteroatoms. The highest BCUT2D eigenvalue weighted by Gasteiger charge is 2.33. The zero-order chi connectivity index (χ0) is 38.4. The summed E-state index contributed by atoms with van der Waals surface area (Å²) in [5, 5.41) is 3.71. The summed E-state index contributed by atoms with van der Waals surface area (Å²) in [5.74, 6) is 2.62. The number of benzene rings is 2. The highest BCUT2D eigenvalue weighted by molar-refractivity contribution is 5.87. The van der Waals surface area contributed by atoms with Gasteiger partial charge in [-0.2, -0.15) is 0 Å². The number of aromatic nitrogens is 4. The number of carbonyl (C=O) groups excluding carboxylic acids is 3. The molecular weight excluding hydrogens is 683 g/mol. The van der Waals surface area contributed by atoms with Crippen LogP contribution in [0, 0.1) is 11.8 Å². The number of furan rings is 1. The van der Waals surface area contributed by atoms with Crippen molar-refractivity contribution in [2.24, 2.45) is 11.8 Å². The topological polar surface area (TPSA) is 149 Å². The van der Waals surface area contributed by atoms with Gasteiger partial charge in [0.25, 0.3) is 0 Å². The summed E-state index contributed by atoms with van der Waals surface area (Å²) in [6.07, 6.45) is 7.97. The van der Waals surface area contributed by atoms with E-state index in [0.717, 1.165) is 89.3 Å². The fraction of sp³-hybridized carbons (Fsp3) is 0.452. The zero-order valence-corrected chi connectivity index (χ0v) is 32.3. The van der Waals surface area contributed by atoms with Crippen LogP contribution in [0.1, 0.15) is 90.8 Å². The van der Waals surface area contributed by atoms with Crippen LogP contribution in [0.3, 0.4) is 0 Å². The van der Waals surface area contributed by atoms with Crippen molar-refractivity contribution in [3.05, 3.63) is 72.6 Å². The standard InChI is InChI=1S/C42H53N7O5/c1-7-18-48(41(51)39(27(5)9-3)47-42(52)53-6)25-37-43-23-32(45-37)28-12-14-29(15-13-28)36-22-31-21-30(16-17-35(31)54-36)33-24-44-40(46-33)34-11-10-19-49(34)38(50)20-26(4)8-2/h12-17,21-24,26-27,34,39H,7-11,18-20,25H2,1-6H3,(H,43,45)(H,44,46)(H,47,52)/t26-,27-,34+,39+/m1/s1. The molecule has 6 rings (SSSR count). The monoisotopic (exact) mass is 735 g/mol. The number of fused-ring (bicyclic) bond motifs is 1. The van der Waals surface area contributed by atoms with Crippen LogP contribution in [0.15, 0.2) is 65.3 Å². The quantitative estimate of drug-likeness (QED) is 0.0976. The molecule has 54 heavy (non-hydrogen) atoms. The molecule has 3 amide bonds. The Hall–Kier alpha value is -5.39. The molecule has 0 radical (unpaired) electrons. The number of alkyl carbamates (subject to hydrolysis) is 1. The Labute approximate surface area is 317 Å². The minimum absolute atomic E-state index is 0.0140. The van der Waals surface area contributed by atoms with E-state index in [4.69, 9.17) is 14.1 Å². The van der Waals surface area contributed by atoms with Gasteiger partial charge in [0.05, 0.1) is 43.5 Å². The summed E-state index contributed by atoms with van der Waals surface area (Å²) in [4.78, 5) is 58.6. The Morgan fingerprint density at radius 2 is 1.69 bits per heavy atom. The minimum Gasteiger partial charge on any atom is -0.456 e. The van der Waals surface area contributed by atoms with Crippen LogP contribution < -0.4 is 5.32 Å². The van der Waals surface area contributed by atoms with Crippen molar-refractivity contribution in [2.45, 2.75) is 91.8 Å². The van der Waals surface area contributed by atoms with E-state index >= 15 is 0 Å². The summed E-state index contributed by atoms with van der Waals surface area (Å²) in [5.41, 5.74) is 5.43. The fourth-order valence-electron chi connectivity index (χ4n) is 7.10. The zero-order valence-electron chi connectivity index (χ0n) is 32.3. The van der Waals surface area contributed by atoms with Crippen molar-refractivity contribution < 1.29 is 23.5 Å². The van der Waals surface area contributed by atoms with E-state index in [9.17, 15) is 14.4 Å². The third-order valence-corrected chi connectivity index (χ3v) is 10.7. The number of nitrogens with zero attached hydrogens (tertiary/aromatic N) is 4. The Morgan fingerprint density at radius 1 is 0.963 bits per heavy atom. The molecule has 2 aromatic carbocycles. The van der Waals surface area contributed by atoms with Crippen LogP contribution in [0.2, 0.25) is 0 Å². The van der Waals surface area contributed by atoms with Crippen molar-refractivity contribution in [3.63, 3.8) is 0 Å². The predicted octanol–water partition coefficient (Wildman–Crippen LogP) is 8.49. The third-order valence-electron chi connectivity index (χ3n) is 10.7. The molecule has 0 unspecified atom stereocenters. The Bertz CT molecular complexity index is 2050. The Balaban J connectivity index is 1.13. The van der Waals surface area contributed by atoms with E-state index in [-0.39, 0.29) is 23.8 Å². The maximum absolute atomic E-state index is 13.6. The molecule has 3 aromatic heterocycles. The predicted molar refractivity (Wildman–Crippen MR) is 209 cm³/mol. The lowest BCUT2D eigenvalue weighted by molar-refractivity contribution is -0.135. The first-order chi connectivity index (χ1) is 26.1. The van der Waals surface area contributed by atoms with E-state index in [1.54, 1.807) is 11.1 Å². The van der Waals surface area contributed by atoms with Crippen LogP contribution >= 0.6 is 0 Å². The van der Waals surface area contributed by atoms with Gasteiger partial charge in [-0.15, -0.1) is 0 Å². The van der Waals surface area contributed by atoms with Crippen molar-refractivity contribution in [1.82, 2.24) is 35.1 Å². The number of imidazole rings is 2. The van der Waals surface area contributed by atoms with Crippen LogP contribution in [0.4, 0.5) is 4.79 Å². The average molecular weight is 736 g/mol. The van der Waals surface area contributed by atoms with E-state index < -0.39 is 12.1 Å². The van der Waals surface area contributed by atoms with Crippen molar-refractivity contribution >= 4 is 28.9 Å². The molecule has 1 aliphatic rings. The van der Waals surface area contributed by atoms with Gasteiger partial charge >= 0.3 is 6.09 Å². The first-order valence-corrected chi connectivity index (χ1v) is 19.3. The summed E-state index contributed by atoms with van der Waals surface area (Å²) >= 11 is 0. The van der Waals surface area contributed by atoms with Crippen molar-refractivity contribution in [2.75, 3.05) is 20.2 Å². The number of H-pyrrole nitrogens is 2. The molecule has 4 heterocycles. The summed E-state index contributed by atoms with van der Waals surface area (Å²) in [6, 6.07) is 15.5. The number of nitrogens with one attached hydrogen (secondary N) is 3. The lowest BCUT2D eigenvalue weighted by Gasteiger charge is -2.29. The first kappa shape index (κ1) is 38.3. The number of ether oxygens (including phenoxy) is 1. The molecule has 1 saturated heterocycles. The van der Waals surface area contributed by atoms with Gasteiger partial charge in [0.2, 0.25) is 11.8 Å². The van der Waals surface area contributed by atoms with Crippen molar-refractivity contribution in [1.29, 1.82) is 0 Å². The number of methoxy groups -OCH3 is 1. The molecule has 4 atom stereocenters. The average Bonchev–Trinajstić information content (AvgIpc) is 4.02. The maximum atomic E-state index is 13.6. The second kappa shape index (κ2) is 17.2. The highest BCUT2D eigenvalue weighted by Crippen LogP contribution is 2.35. The molecule has 0 spiro atoms. The minimum atomic E-state index is -0.690. The van der Waals surface area contributed by atoms with E-state index in [1.807, 2.05) is 74.3 Å². The number of amides is 3.